The second-order valence-corrected chi connectivity index (χ2v) is 7.76. The molecule has 0 aliphatic carbocycles. The fourth-order valence-corrected chi connectivity index (χ4v) is 3.49. The average molecular weight is 449 g/mol. The van der Waals surface area contributed by atoms with E-state index in [0.717, 1.165) is 11.1 Å². The molecule has 0 saturated carbocycles. The quantitative estimate of drug-likeness (QED) is 0.440. The lowest BCUT2D eigenvalue weighted by molar-refractivity contribution is 0.262. The first-order chi connectivity index (χ1) is 15.4. The van der Waals surface area contributed by atoms with Crippen molar-refractivity contribution in [2.45, 2.75) is 20.5 Å². The maximum Gasteiger partial charge on any atom is 0.323 e. The van der Waals surface area contributed by atoms with Crippen LogP contribution in [-0.2, 0) is 6.61 Å². The molecule has 32 heavy (non-hydrogen) atoms. The molecule has 0 spiro atoms. The Labute approximate surface area is 189 Å². The van der Waals surface area contributed by atoms with Gasteiger partial charge in [-0.05, 0) is 55.3 Å². The molecule has 0 atom stereocenters. The first-order valence-electron chi connectivity index (χ1n) is 9.94. The van der Waals surface area contributed by atoms with E-state index in [2.05, 4.69) is 15.6 Å². The lowest BCUT2D eigenvalue weighted by Crippen LogP contribution is -2.19. The Balaban J connectivity index is 1.43. The summed E-state index contributed by atoms with van der Waals surface area (Å²) in [6, 6.07) is 17.1. The monoisotopic (exact) mass is 448 g/mol. The van der Waals surface area contributed by atoms with Crippen molar-refractivity contribution in [2.75, 3.05) is 10.6 Å². The summed E-state index contributed by atoms with van der Waals surface area (Å²) < 4.78 is 7.31. The number of hydrogen-bond acceptors (Lipinski definition) is 4. The number of urea groups is 1. The van der Waals surface area contributed by atoms with Gasteiger partial charge >= 0.3 is 6.03 Å². The minimum Gasteiger partial charge on any atom is -0.487 e. The number of aryl methyl sites for hydroxylation is 2. The highest BCUT2D eigenvalue weighted by Crippen LogP contribution is 2.23. The van der Waals surface area contributed by atoms with Gasteiger partial charge in [-0.1, -0.05) is 29.8 Å². The van der Waals surface area contributed by atoms with E-state index in [0.29, 0.717) is 33.5 Å². The van der Waals surface area contributed by atoms with Crippen LogP contribution in [0.15, 0.2) is 71.7 Å². The number of carbonyl (C=O) groups is 1. The summed E-state index contributed by atoms with van der Waals surface area (Å²) in [5, 5.41) is 5.94. The number of halogens is 1. The smallest absolute Gasteiger partial charge is 0.323 e. The molecular formula is C24H21ClN4O3. The normalized spacial score (nSPS) is 10.7. The van der Waals surface area contributed by atoms with Crippen LogP contribution >= 0.6 is 11.6 Å². The minimum absolute atomic E-state index is 0.120. The molecular weight excluding hydrogens is 428 g/mol. The van der Waals surface area contributed by atoms with E-state index in [4.69, 9.17) is 16.3 Å². The van der Waals surface area contributed by atoms with Crippen molar-refractivity contribution in [2.24, 2.45) is 0 Å². The van der Waals surface area contributed by atoms with Crippen LogP contribution in [0.5, 0.6) is 5.75 Å². The van der Waals surface area contributed by atoms with E-state index in [1.165, 1.54) is 10.5 Å². The molecule has 0 aliphatic heterocycles. The third-order valence-corrected chi connectivity index (χ3v) is 5.10. The zero-order chi connectivity index (χ0) is 22.7. The predicted molar refractivity (Wildman–Crippen MR) is 126 cm³/mol. The Kier molecular flexibility index (Phi) is 6.09. The number of rotatable bonds is 5. The van der Waals surface area contributed by atoms with Gasteiger partial charge in [-0.2, -0.15) is 0 Å². The Bertz CT molecular complexity index is 1370. The molecule has 2 aromatic carbocycles. The van der Waals surface area contributed by atoms with Gasteiger partial charge in [0.1, 0.15) is 18.0 Å². The zero-order valence-electron chi connectivity index (χ0n) is 17.6. The molecule has 0 fully saturated rings. The third-order valence-electron chi connectivity index (χ3n) is 4.79. The number of nitrogens with zero attached hydrogens (tertiary/aromatic N) is 2. The molecule has 2 N–H and O–H groups in total. The Hall–Kier alpha value is -3.84. The highest BCUT2D eigenvalue weighted by molar-refractivity contribution is 6.33. The van der Waals surface area contributed by atoms with Gasteiger partial charge < -0.3 is 15.4 Å². The molecule has 4 aromatic rings. The molecule has 0 aliphatic rings. The Morgan fingerprint density at radius 2 is 1.91 bits per heavy atom. The minimum atomic E-state index is -0.424. The molecule has 2 aromatic heterocycles. The second kappa shape index (κ2) is 9.11. The Morgan fingerprint density at radius 3 is 2.72 bits per heavy atom. The number of hydrogen-bond donors (Lipinski definition) is 2. The van der Waals surface area contributed by atoms with E-state index >= 15 is 0 Å². The molecule has 2 amide bonds. The number of amides is 2. The number of aromatic nitrogens is 2. The summed E-state index contributed by atoms with van der Waals surface area (Å²) in [7, 11) is 0. The molecule has 162 valence electrons. The fraction of sp³-hybridized carbons (Fsp3) is 0.125. The molecule has 4 rings (SSSR count). The number of nitrogens with one attached hydrogen (secondary N) is 2. The van der Waals surface area contributed by atoms with Crippen LogP contribution in [0, 0.1) is 13.8 Å². The Morgan fingerprint density at radius 1 is 1.06 bits per heavy atom. The molecule has 0 bridgehead atoms. The van der Waals surface area contributed by atoms with E-state index in [-0.39, 0.29) is 12.2 Å². The van der Waals surface area contributed by atoms with Crippen LogP contribution in [0.25, 0.3) is 5.65 Å². The van der Waals surface area contributed by atoms with Crippen molar-refractivity contribution in [1.29, 1.82) is 0 Å². The first kappa shape index (κ1) is 21.4. The molecule has 7 nitrogen and oxygen atoms in total. The highest BCUT2D eigenvalue weighted by atomic mass is 35.5. The summed E-state index contributed by atoms with van der Waals surface area (Å²) in [4.78, 5) is 29.2. The summed E-state index contributed by atoms with van der Waals surface area (Å²) in [5.74, 6) is 0.531. The van der Waals surface area contributed by atoms with Crippen molar-refractivity contribution in [1.82, 2.24) is 9.38 Å². The zero-order valence-corrected chi connectivity index (χ0v) is 18.3. The van der Waals surface area contributed by atoms with Gasteiger partial charge in [-0.3, -0.25) is 9.20 Å². The third kappa shape index (κ3) is 4.90. The summed E-state index contributed by atoms with van der Waals surface area (Å²) in [6.07, 6.45) is 1.69. The van der Waals surface area contributed by atoms with Crippen molar-refractivity contribution < 1.29 is 9.53 Å². The number of anilines is 2. The fourth-order valence-electron chi connectivity index (χ4n) is 3.21. The van der Waals surface area contributed by atoms with E-state index in [9.17, 15) is 9.59 Å². The van der Waals surface area contributed by atoms with E-state index in [1.807, 2.05) is 32.0 Å². The van der Waals surface area contributed by atoms with Crippen LogP contribution < -0.4 is 20.9 Å². The van der Waals surface area contributed by atoms with Crippen LogP contribution in [0.3, 0.4) is 0 Å². The summed E-state index contributed by atoms with van der Waals surface area (Å²) in [5.41, 5.74) is 3.92. The van der Waals surface area contributed by atoms with Gasteiger partial charge in [0, 0.05) is 24.0 Å². The number of ether oxygens (including phenoxy) is 1. The molecule has 0 radical (unpaired) electrons. The first-order valence-corrected chi connectivity index (χ1v) is 10.3. The van der Waals surface area contributed by atoms with Crippen molar-refractivity contribution in [3.8, 4) is 5.75 Å². The summed E-state index contributed by atoms with van der Waals surface area (Å²) >= 11 is 6.17. The molecule has 0 unspecified atom stereocenters. The second-order valence-electron chi connectivity index (χ2n) is 7.35. The SMILES string of the molecule is Cc1ccc(NC(=O)Nc2cccc(OCc3cc(=O)n4cccc(C)c4n3)c2)c(Cl)c1. The van der Waals surface area contributed by atoms with Gasteiger partial charge in [0.15, 0.2) is 0 Å². The average Bonchev–Trinajstić information content (AvgIpc) is 2.75. The highest BCUT2D eigenvalue weighted by Gasteiger charge is 2.08. The topological polar surface area (TPSA) is 84.7 Å². The standard InChI is InChI=1S/C24H21ClN4O3/c1-15-8-9-21(20(25)11-15)28-24(31)27-17-6-3-7-19(12-17)32-14-18-13-22(30)29-10-4-5-16(2)23(29)26-18/h3-13H,14H2,1-2H3,(H2,27,28,31). The van der Waals surface area contributed by atoms with Crippen molar-refractivity contribution in [3.63, 3.8) is 0 Å². The molecule has 8 heteroatoms. The molecule has 2 heterocycles. The van der Waals surface area contributed by atoms with Gasteiger partial charge in [0.25, 0.3) is 5.56 Å². The van der Waals surface area contributed by atoms with Gasteiger partial charge in [-0.15, -0.1) is 0 Å². The maximum atomic E-state index is 12.3. The van der Waals surface area contributed by atoms with E-state index in [1.54, 1.807) is 42.6 Å². The van der Waals surface area contributed by atoms with Crippen LogP contribution in [-0.4, -0.2) is 15.4 Å². The van der Waals surface area contributed by atoms with Crippen LogP contribution in [0.1, 0.15) is 16.8 Å². The summed E-state index contributed by atoms with van der Waals surface area (Å²) in [6.45, 7) is 3.94. The number of carbonyl (C=O) groups excluding carboxylic acids is 1. The maximum absolute atomic E-state index is 12.3. The molecule has 0 saturated heterocycles. The van der Waals surface area contributed by atoms with E-state index < -0.39 is 6.03 Å². The van der Waals surface area contributed by atoms with Crippen LogP contribution in [0.4, 0.5) is 16.2 Å². The lowest BCUT2D eigenvalue weighted by Gasteiger charge is -2.11. The lowest BCUT2D eigenvalue weighted by atomic mass is 10.2. The van der Waals surface area contributed by atoms with Gasteiger partial charge in [0.05, 0.1) is 16.4 Å². The van der Waals surface area contributed by atoms with Crippen molar-refractivity contribution >= 4 is 34.7 Å². The number of pyridine rings is 1. The van der Waals surface area contributed by atoms with Gasteiger partial charge in [0.2, 0.25) is 0 Å². The largest absolute Gasteiger partial charge is 0.487 e. The number of fused-ring (bicyclic) bond motifs is 1. The van der Waals surface area contributed by atoms with Crippen molar-refractivity contribution in [3.05, 3.63) is 99.1 Å². The number of benzene rings is 2. The predicted octanol–water partition coefficient (Wildman–Crippen LogP) is 5.19. The van der Waals surface area contributed by atoms with Crippen LogP contribution in [0.2, 0.25) is 5.02 Å². The van der Waals surface area contributed by atoms with Gasteiger partial charge in [-0.25, -0.2) is 9.78 Å².